The van der Waals surface area contributed by atoms with Crippen LogP contribution in [0.15, 0.2) is 0 Å². The van der Waals surface area contributed by atoms with E-state index >= 15 is 0 Å². The van der Waals surface area contributed by atoms with E-state index in [1.54, 1.807) is 7.11 Å². The van der Waals surface area contributed by atoms with Crippen molar-refractivity contribution in [2.45, 2.75) is 25.1 Å². The lowest BCUT2D eigenvalue weighted by Crippen LogP contribution is -2.42. The fourth-order valence-electron chi connectivity index (χ4n) is 2.30. The molecular weight excluding hydrogens is 303 g/mol. The molecule has 1 heterocycles. The molecule has 1 aliphatic rings. The Labute approximate surface area is 115 Å². The van der Waals surface area contributed by atoms with Gasteiger partial charge in [0.2, 0.25) is 0 Å². The summed E-state index contributed by atoms with van der Waals surface area (Å²) in [5.41, 5.74) is 4.39. The number of hydrogen-bond donors (Lipinski definition) is 0. The number of benzene rings is 1. The second-order valence-electron chi connectivity index (χ2n) is 4.56. The number of hydrogen-bond acceptors (Lipinski definition) is 2. The summed E-state index contributed by atoms with van der Waals surface area (Å²) in [6.07, 6.45) is 0. The molecule has 1 aromatic rings. The minimum Gasteiger partial charge on any atom is -0.496 e. The van der Waals surface area contributed by atoms with Gasteiger partial charge in [-0.1, -0.05) is 27.5 Å². The van der Waals surface area contributed by atoms with Crippen LogP contribution in [0.5, 0.6) is 5.75 Å². The summed E-state index contributed by atoms with van der Waals surface area (Å²) in [5.74, 6) is 0.921. The lowest BCUT2D eigenvalue weighted by molar-refractivity contribution is -0.00819. The maximum absolute atomic E-state index is 6.39. The summed E-state index contributed by atoms with van der Waals surface area (Å²) in [7, 11) is 1.70. The quantitative estimate of drug-likeness (QED) is 0.770. The highest BCUT2D eigenvalue weighted by molar-refractivity contribution is 9.09. The molecule has 0 radical (unpaired) electrons. The van der Waals surface area contributed by atoms with Crippen LogP contribution < -0.4 is 4.74 Å². The summed E-state index contributed by atoms with van der Waals surface area (Å²) >= 11 is 10.1. The predicted octanol–water partition coefficient (Wildman–Crippen LogP) is 3.89. The molecule has 1 aromatic carbocycles. The van der Waals surface area contributed by atoms with Crippen molar-refractivity contribution in [2.75, 3.05) is 20.3 Å². The van der Waals surface area contributed by atoms with Gasteiger partial charge in [0.15, 0.2) is 0 Å². The number of ether oxygens (including phenoxy) is 2. The molecule has 94 valence electrons. The summed E-state index contributed by atoms with van der Waals surface area (Å²) in [5, 5.41) is 0.823. The highest BCUT2D eigenvalue weighted by atomic mass is 79.9. The van der Waals surface area contributed by atoms with E-state index < -0.39 is 0 Å². The minimum atomic E-state index is -0.148. The van der Waals surface area contributed by atoms with Gasteiger partial charge in [0.05, 0.1) is 20.3 Å². The number of halogens is 2. The molecule has 0 aromatic heterocycles. The number of methoxy groups -OCH3 is 1. The van der Waals surface area contributed by atoms with Crippen molar-refractivity contribution in [1.82, 2.24) is 0 Å². The van der Waals surface area contributed by atoms with Gasteiger partial charge in [-0.15, -0.1) is 0 Å². The molecule has 1 saturated heterocycles. The van der Waals surface area contributed by atoms with E-state index in [2.05, 4.69) is 15.9 Å². The van der Waals surface area contributed by atoms with E-state index in [1.165, 1.54) is 0 Å². The molecule has 0 amide bonds. The molecule has 2 rings (SSSR count). The summed E-state index contributed by atoms with van der Waals surface area (Å²) in [4.78, 5) is 0. The van der Waals surface area contributed by atoms with Gasteiger partial charge in [0.1, 0.15) is 10.1 Å². The maximum atomic E-state index is 6.39. The molecular formula is C13H16BrClO2. The van der Waals surface area contributed by atoms with Gasteiger partial charge in [0, 0.05) is 10.6 Å². The monoisotopic (exact) mass is 318 g/mol. The molecule has 1 aliphatic heterocycles. The predicted molar refractivity (Wildman–Crippen MR) is 73.6 cm³/mol. The molecule has 1 fully saturated rings. The maximum Gasteiger partial charge on any atom is 0.127 e. The second-order valence-corrected chi connectivity index (χ2v) is 6.45. The minimum absolute atomic E-state index is 0.148. The van der Waals surface area contributed by atoms with E-state index in [0.29, 0.717) is 13.2 Å². The average molecular weight is 320 g/mol. The Bertz CT molecular complexity index is 467. The first-order valence-corrected chi connectivity index (χ1v) is 6.70. The lowest BCUT2D eigenvalue weighted by atomic mass is 9.88. The van der Waals surface area contributed by atoms with Crippen LogP contribution in [0.4, 0.5) is 0 Å². The number of rotatable bonds is 2. The van der Waals surface area contributed by atoms with Crippen molar-refractivity contribution in [3.05, 3.63) is 27.3 Å². The normalized spacial score (nSPS) is 17.8. The Morgan fingerprint density at radius 2 is 1.76 bits per heavy atom. The Morgan fingerprint density at radius 1 is 1.18 bits per heavy atom. The van der Waals surface area contributed by atoms with E-state index in [4.69, 9.17) is 21.1 Å². The van der Waals surface area contributed by atoms with Gasteiger partial charge in [-0.2, -0.15) is 0 Å². The van der Waals surface area contributed by atoms with Crippen molar-refractivity contribution >= 4 is 27.5 Å². The summed E-state index contributed by atoms with van der Waals surface area (Å²) < 4.78 is 10.7. The third-order valence-electron chi connectivity index (χ3n) is 3.48. The smallest absolute Gasteiger partial charge is 0.127 e. The first kappa shape index (κ1) is 13.2. The molecule has 0 bridgehead atoms. The van der Waals surface area contributed by atoms with E-state index in [-0.39, 0.29) is 4.32 Å². The Hall–Kier alpha value is -0.250. The van der Waals surface area contributed by atoms with Crippen molar-refractivity contribution in [1.29, 1.82) is 0 Å². The van der Waals surface area contributed by atoms with Crippen LogP contribution in [-0.4, -0.2) is 20.3 Å². The zero-order valence-electron chi connectivity index (χ0n) is 10.5. The Kier molecular flexibility index (Phi) is 3.45. The van der Waals surface area contributed by atoms with Gasteiger partial charge in [-0.3, -0.25) is 0 Å². The standard InChI is InChI=1S/C13H16BrClO2/c1-7-8(2)12(16-4)10(9(3)11(7)15)13(14)5-17-6-13/h5-6H2,1-4H3. The molecule has 0 N–H and O–H groups in total. The average Bonchev–Trinajstić information content (AvgIpc) is 2.28. The van der Waals surface area contributed by atoms with Crippen LogP contribution in [0.2, 0.25) is 5.02 Å². The molecule has 4 heteroatoms. The molecule has 0 aliphatic carbocycles. The van der Waals surface area contributed by atoms with Crippen LogP contribution in [0.25, 0.3) is 0 Å². The van der Waals surface area contributed by atoms with Crippen molar-refractivity contribution in [3.63, 3.8) is 0 Å². The molecule has 0 unspecified atom stereocenters. The van der Waals surface area contributed by atoms with E-state index in [9.17, 15) is 0 Å². The highest BCUT2D eigenvalue weighted by Crippen LogP contribution is 2.48. The lowest BCUT2D eigenvalue weighted by Gasteiger charge is -2.39. The van der Waals surface area contributed by atoms with Crippen molar-refractivity contribution < 1.29 is 9.47 Å². The fraction of sp³-hybridized carbons (Fsp3) is 0.538. The Balaban J connectivity index is 2.72. The van der Waals surface area contributed by atoms with E-state index in [0.717, 1.165) is 33.0 Å². The largest absolute Gasteiger partial charge is 0.496 e. The zero-order valence-corrected chi connectivity index (χ0v) is 12.8. The van der Waals surface area contributed by atoms with Gasteiger partial charge in [0.25, 0.3) is 0 Å². The van der Waals surface area contributed by atoms with Crippen molar-refractivity contribution in [3.8, 4) is 5.75 Å². The molecule has 0 spiro atoms. The topological polar surface area (TPSA) is 18.5 Å². The van der Waals surface area contributed by atoms with E-state index in [1.807, 2.05) is 20.8 Å². The second kappa shape index (κ2) is 4.45. The molecule has 0 atom stereocenters. The van der Waals surface area contributed by atoms with Gasteiger partial charge in [-0.05, 0) is 37.5 Å². The van der Waals surface area contributed by atoms with Crippen LogP contribution in [0, 0.1) is 20.8 Å². The SMILES string of the molecule is COc1c(C)c(C)c(Cl)c(C)c1C1(Br)COC1. The third-order valence-corrected chi connectivity index (χ3v) is 4.90. The number of alkyl halides is 1. The zero-order chi connectivity index (χ0) is 12.8. The first-order valence-electron chi connectivity index (χ1n) is 5.52. The third kappa shape index (κ3) is 1.88. The highest BCUT2D eigenvalue weighted by Gasteiger charge is 2.42. The Morgan fingerprint density at radius 3 is 2.18 bits per heavy atom. The summed E-state index contributed by atoms with van der Waals surface area (Å²) in [6, 6.07) is 0. The molecule has 17 heavy (non-hydrogen) atoms. The fourth-order valence-corrected chi connectivity index (χ4v) is 3.34. The summed E-state index contributed by atoms with van der Waals surface area (Å²) in [6.45, 7) is 7.41. The van der Waals surface area contributed by atoms with Crippen LogP contribution in [0.1, 0.15) is 22.3 Å². The van der Waals surface area contributed by atoms with Gasteiger partial charge < -0.3 is 9.47 Å². The van der Waals surface area contributed by atoms with Crippen molar-refractivity contribution in [2.24, 2.45) is 0 Å². The molecule has 2 nitrogen and oxygen atoms in total. The van der Waals surface area contributed by atoms with Crippen LogP contribution >= 0.6 is 27.5 Å². The van der Waals surface area contributed by atoms with Gasteiger partial charge in [-0.25, -0.2) is 0 Å². The van der Waals surface area contributed by atoms with Crippen LogP contribution in [-0.2, 0) is 9.06 Å². The van der Waals surface area contributed by atoms with Crippen LogP contribution in [0.3, 0.4) is 0 Å². The molecule has 0 saturated carbocycles. The van der Waals surface area contributed by atoms with Gasteiger partial charge >= 0.3 is 0 Å². The first-order chi connectivity index (χ1) is 7.92.